The number of ether oxygens (including phenoxy) is 2. The highest BCUT2D eigenvalue weighted by Crippen LogP contribution is 2.47. The molecule has 2 heterocycles. The summed E-state index contributed by atoms with van der Waals surface area (Å²) in [4.78, 5) is 1.27. The van der Waals surface area contributed by atoms with Crippen LogP contribution in [0.5, 0.6) is 5.75 Å². The van der Waals surface area contributed by atoms with Gasteiger partial charge in [-0.1, -0.05) is 36.4 Å². The van der Waals surface area contributed by atoms with E-state index in [2.05, 4.69) is 48.7 Å². The van der Waals surface area contributed by atoms with E-state index >= 15 is 0 Å². The maximum atomic E-state index is 6.35. The Hall–Kier alpha value is -1.71. The molecule has 4 rings (SSSR count). The second-order valence-corrected chi connectivity index (χ2v) is 6.22. The van der Waals surface area contributed by atoms with Gasteiger partial charge in [-0.05, 0) is 36.1 Å². The molecule has 0 N–H and O–H groups in total. The van der Waals surface area contributed by atoms with Crippen molar-refractivity contribution in [2.75, 3.05) is 12.9 Å². The fourth-order valence-corrected chi connectivity index (χ4v) is 3.37. The molecule has 0 amide bonds. The third-order valence-corrected chi connectivity index (χ3v) is 4.85. The maximum absolute atomic E-state index is 6.35. The van der Waals surface area contributed by atoms with E-state index in [1.54, 1.807) is 11.8 Å². The van der Waals surface area contributed by atoms with Gasteiger partial charge in [-0.15, -0.1) is 11.8 Å². The summed E-state index contributed by atoms with van der Waals surface area (Å²) in [5.74, 6) is 0.931. The second kappa shape index (κ2) is 4.93. The minimum absolute atomic E-state index is 0.00402. The van der Waals surface area contributed by atoms with Crippen molar-refractivity contribution in [2.45, 2.75) is 16.6 Å². The molecule has 0 unspecified atom stereocenters. The highest BCUT2D eigenvalue weighted by atomic mass is 32.2. The molecule has 0 fully saturated rings. The minimum atomic E-state index is -0.417. The molecule has 106 valence electrons. The van der Waals surface area contributed by atoms with Crippen molar-refractivity contribution in [3.05, 3.63) is 71.8 Å². The topological polar surface area (TPSA) is 18.5 Å². The van der Waals surface area contributed by atoms with Crippen LogP contribution in [0.4, 0.5) is 0 Å². The molecule has 2 aliphatic heterocycles. The number of benzene rings is 2. The van der Waals surface area contributed by atoms with Crippen LogP contribution < -0.4 is 4.74 Å². The summed E-state index contributed by atoms with van der Waals surface area (Å²) in [5, 5.41) is 0. The van der Waals surface area contributed by atoms with Crippen LogP contribution >= 0.6 is 11.8 Å². The van der Waals surface area contributed by atoms with Crippen LogP contribution in [-0.4, -0.2) is 12.9 Å². The highest BCUT2D eigenvalue weighted by Gasteiger charge is 2.44. The van der Waals surface area contributed by atoms with Crippen LogP contribution in [0, 0.1) is 0 Å². The molecule has 2 atom stereocenters. The molecule has 0 bridgehead atoms. The molecular formula is C18H16O2S. The van der Waals surface area contributed by atoms with Gasteiger partial charge >= 0.3 is 0 Å². The Balaban J connectivity index is 1.62. The molecule has 0 saturated heterocycles. The molecule has 2 aromatic carbocycles. The van der Waals surface area contributed by atoms with Crippen LogP contribution in [0.15, 0.2) is 65.6 Å². The smallest absolute Gasteiger partial charge is 0.150 e. The average molecular weight is 296 g/mol. The van der Waals surface area contributed by atoms with E-state index in [1.807, 2.05) is 18.2 Å². The van der Waals surface area contributed by atoms with E-state index in [0.29, 0.717) is 6.61 Å². The lowest BCUT2D eigenvalue weighted by Crippen LogP contribution is -2.26. The third kappa shape index (κ3) is 2.08. The van der Waals surface area contributed by atoms with Gasteiger partial charge in [0.15, 0.2) is 0 Å². The van der Waals surface area contributed by atoms with Gasteiger partial charge in [-0.3, -0.25) is 0 Å². The van der Waals surface area contributed by atoms with E-state index in [0.717, 1.165) is 11.3 Å². The van der Waals surface area contributed by atoms with Gasteiger partial charge in [0.05, 0.1) is 0 Å². The van der Waals surface area contributed by atoms with Crippen LogP contribution in [-0.2, 0) is 10.3 Å². The van der Waals surface area contributed by atoms with Gasteiger partial charge in [0, 0.05) is 10.5 Å². The fraction of sp³-hybridized carbons (Fsp3) is 0.222. The zero-order valence-corrected chi connectivity index (χ0v) is 12.6. The SMILES string of the molecule is CSc1ccc([C@H]2C=C[C@@]3(COc4ccccc43)O2)cc1. The molecule has 2 aromatic rings. The molecule has 3 heteroatoms. The Morgan fingerprint density at radius 1 is 1.10 bits per heavy atom. The third-order valence-electron chi connectivity index (χ3n) is 4.11. The van der Waals surface area contributed by atoms with Gasteiger partial charge in [0.1, 0.15) is 24.1 Å². The zero-order valence-electron chi connectivity index (χ0n) is 11.8. The van der Waals surface area contributed by atoms with E-state index in [9.17, 15) is 0 Å². The van der Waals surface area contributed by atoms with Crippen LogP contribution in [0.25, 0.3) is 0 Å². The van der Waals surface area contributed by atoms with Crippen LogP contribution in [0.2, 0.25) is 0 Å². The standard InChI is InChI=1S/C18H16O2S/c1-21-14-8-6-13(7-9-14)16-10-11-18(20-16)12-19-17-5-3-2-4-15(17)18/h2-11,16H,12H2,1H3/t16-,18+/m1/s1. The van der Waals surface area contributed by atoms with Crippen molar-refractivity contribution in [3.8, 4) is 5.75 Å². The molecular weight excluding hydrogens is 280 g/mol. The van der Waals surface area contributed by atoms with Crippen molar-refractivity contribution in [1.82, 2.24) is 0 Å². The minimum Gasteiger partial charge on any atom is -0.489 e. The average Bonchev–Trinajstić information content (AvgIpc) is 3.14. The Labute approximate surface area is 128 Å². The molecule has 2 aliphatic rings. The number of para-hydroxylation sites is 1. The van der Waals surface area contributed by atoms with Gasteiger partial charge in [-0.2, -0.15) is 0 Å². The summed E-state index contributed by atoms with van der Waals surface area (Å²) in [7, 11) is 0. The van der Waals surface area contributed by atoms with Gasteiger partial charge < -0.3 is 9.47 Å². The Morgan fingerprint density at radius 3 is 2.71 bits per heavy atom. The Morgan fingerprint density at radius 2 is 1.90 bits per heavy atom. The van der Waals surface area contributed by atoms with E-state index < -0.39 is 5.60 Å². The van der Waals surface area contributed by atoms with Crippen molar-refractivity contribution < 1.29 is 9.47 Å². The van der Waals surface area contributed by atoms with Crippen molar-refractivity contribution in [2.24, 2.45) is 0 Å². The molecule has 0 aliphatic carbocycles. The first-order chi connectivity index (χ1) is 10.3. The lowest BCUT2D eigenvalue weighted by atomic mass is 9.97. The molecule has 2 nitrogen and oxygen atoms in total. The quantitative estimate of drug-likeness (QED) is 0.607. The normalized spacial score (nSPS) is 26.0. The first-order valence-electron chi connectivity index (χ1n) is 7.04. The first kappa shape index (κ1) is 13.0. The highest BCUT2D eigenvalue weighted by molar-refractivity contribution is 7.98. The van der Waals surface area contributed by atoms with Crippen molar-refractivity contribution in [1.29, 1.82) is 0 Å². The molecule has 0 aromatic heterocycles. The van der Waals surface area contributed by atoms with Gasteiger partial charge in [0.2, 0.25) is 0 Å². The predicted octanol–water partition coefficient (Wildman–Crippen LogP) is 4.32. The summed E-state index contributed by atoms with van der Waals surface area (Å²) in [6.45, 7) is 0.558. The van der Waals surface area contributed by atoms with E-state index in [-0.39, 0.29) is 6.10 Å². The zero-order chi connectivity index (χ0) is 14.3. The number of fused-ring (bicyclic) bond motifs is 2. The Kier molecular flexibility index (Phi) is 3.05. The summed E-state index contributed by atoms with van der Waals surface area (Å²) in [6, 6.07) is 16.7. The summed E-state index contributed by atoms with van der Waals surface area (Å²) in [5.41, 5.74) is 1.90. The maximum Gasteiger partial charge on any atom is 0.150 e. The molecule has 21 heavy (non-hydrogen) atoms. The molecule has 0 saturated carbocycles. The van der Waals surface area contributed by atoms with Gasteiger partial charge in [-0.25, -0.2) is 0 Å². The van der Waals surface area contributed by atoms with E-state index in [1.165, 1.54) is 10.5 Å². The monoisotopic (exact) mass is 296 g/mol. The first-order valence-corrected chi connectivity index (χ1v) is 8.27. The lowest BCUT2D eigenvalue weighted by molar-refractivity contribution is -0.0390. The lowest BCUT2D eigenvalue weighted by Gasteiger charge is -2.23. The van der Waals surface area contributed by atoms with Crippen LogP contribution in [0.1, 0.15) is 17.2 Å². The second-order valence-electron chi connectivity index (χ2n) is 5.35. The van der Waals surface area contributed by atoms with E-state index in [4.69, 9.17) is 9.47 Å². The molecule has 1 spiro atoms. The number of rotatable bonds is 2. The fourth-order valence-electron chi connectivity index (χ4n) is 2.96. The summed E-state index contributed by atoms with van der Waals surface area (Å²) >= 11 is 1.75. The summed E-state index contributed by atoms with van der Waals surface area (Å²) in [6.07, 6.45) is 6.37. The predicted molar refractivity (Wildman–Crippen MR) is 84.8 cm³/mol. The number of hydrogen-bond acceptors (Lipinski definition) is 3. The largest absolute Gasteiger partial charge is 0.489 e. The van der Waals surface area contributed by atoms with Gasteiger partial charge in [0.25, 0.3) is 0 Å². The van der Waals surface area contributed by atoms with Crippen molar-refractivity contribution in [3.63, 3.8) is 0 Å². The Bertz CT molecular complexity index is 693. The van der Waals surface area contributed by atoms with Crippen LogP contribution in [0.3, 0.4) is 0 Å². The van der Waals surface area contributed by atoms with Crippen molar-refractivity contribution >= 4 is 11.8 Å². The molecule has 0 radical (unpaired) electrons. The number of hydrogen-bond donors (Lipinski definition) is 0. The number of thioether (sulfide) groups is 1. The summed E-state index contributed by atoms with van der Waals surface area (Å²) < 4.78 is 12.1.